The van der Waals surface area contributed by atoms with Gasteiger partial charge in [0.1, 0.15) is 36.9 Å². The first-order valence-corrected chi connectivity index (χ1v) is 14.4. The van der Waals surface area contributed by atoms with Gasteiger partial charge in [0.05, 0.1) is 31.1 Å². The summed E-state index contributed by atoms with van der Waals surface area (Å²) in [6.07, 6.45) is 6.20. The number of carbonyl (C=O) groups is 2. The van der Waals surface area contributed by atoms with E-state index < -0.39 is 11.6 Å². The Balaban J connectivity index is 0.00000323. The molecule has 0 spiro atoms. The van der Waals surface area contributed by atoms with Crippen LogP contribution in [-0.4, -0.2) is 65.6 Å². The number of carbonyl (C=O) groups excluding carboxylic acids is 2. The summed E-state index contributed by atoms with van der Waals surface area (Å²) >= 11 is 1.80. The summed E-state index contributed by atoms with van der Waals surface area (Å²) in [7, 11) is 2.28. The van der Waals surface area contributed by atoms with Crippen molar-refractivity contribution in [3.8, 4) is 0 Å². The molecule has 3 fully saturated rings. The molecule has 3 aromatic rings. The number of nitrogens with zero attached hydrogens (tertiary/aromatic N) is 1. The highest BCUT2D eigenvalue weighted by Gasteiger charge is 2.72. The highest BCUT2D eigenvalue weighted by Crippen LogP contribution is 2.54. The first-order valence-electron chi connectivity index (χ1n) is 13.6. The lowest BCUT2D eigenvalue weighted by molar-refractivity contribution is -0.968. The van der Waals surface area contributed by atoms with E-state index in [2.05, 4.69) is 19.2 Å². The first-order chi connectivity index (χ1) is 18.8. The summed E-state index contributed by atoms with van der Waals surface area (Å²) in [5.74, 6) is -0.820. The van der Waals surface area contributed by atoms with Gasteiger partial charge in [-0.05, 0) is 56.2 Å². The van der Waals surface area contributed by atoms with Crippen LogP contribution in [0, 0.1) is 0 Å². The molecule has 40 heavy (non-hydrogen) atoms. The molecular formula is C29H34ClNO8S. The number of halogens is 1. The topological polar surface area (TPSA) is 112 Å². The van der Waals surface area contributed by atoms with E-state index in [1.54, 1.807) is 23.5 Å². The van der Waals surface area contributed by atoms with Gasteiger partial charge in [-0.25, -0.2) is 4.79 Å². The molecule has 6 heterocycles. The number of aryl methyl sites for hydroxylation is 1. The zero-order valence-corrected chi connectivity index (χ0v) is 24.1. The van der Waals surface area contributed by atoms with Crippen LogP contribution in [0.4, 0.5) is 0 Å². The molecule has 0 saturated carbocycles. The maximum Gasteiger partial charge on any atom is 0.354 e. The molecule has 11 heteroatoms. The van der Waals surface area contributed by atoms with Gasteiger partial charge in [-0.15, -0.1) is 11.3 Å². The van der Waals surface area contributed by atoms with E-state index >= 15 is 0 Å². The quantitative estimate of drug-likeness (QED) is 0.199. The SMILES string of the molecule is CCOC(=O)CCCc1ccc(C[N+]2(C)[C@@H]3CC(OC(=O)C(O)(c4ccco4)c4ccco4)C[C@H]2[C@@H]2O[C@@H]23)s1.[Cl-]. The summed E-state index contributed by atoms with van der Waals surface area (Å²) in [6, 6.07) is 11.0. The number of hydrogen-bond acceptors (Lipinski definition) is 9. The standard InChI is InChI=1S/C29H34NO8S.ClH/c1-3-34-25(31)10-4-7-19-11-12-20(39-19)17-30(2)21-15-18(16-22(30)27-26(21)38-27)37-28(32)29(33,23-8-5-13-35-23)24-9-6-14-36-24;/h5-6,8-9,11-14,18,21-22,26-27,33H,3-4,7,10,15-17H2,1-2H3;1H/q+1;/p-1/t18?,21-,22+,26-,27+,30?;. The molecule has 3 saturated heterocycles. The third-order valence-electron chi connectivity index (χ3n) is 8.49. The normalized spacial score (nSPS) is 28.4. The fraction of sp³-hybridized carbons (Fsp3) is 0.517. The third-order valence-corrected chi connectivity index (χ3v) is 9.62. The Labute approximate surface area is 243 Å². The molecule has 2 unspecified atom stereocenters. The molecular weight excluding hydrogens is 558 g/mol. The first kappa shape index (κ1) is 28.9. The van der Waals surface area contributed by atoms with E-state index in [1.165, 1.54) is 34.4 Å². The molecule has 3 aromatic heterocycles. The van der Waals surface area contributed by atoms with E-state index in [1.807, 2.05) is 6.92 Å². The van der Waals surface area contributed by atoms with Crippen molar-refractivity contribution >= 4 is 23.3 Å². The molecule has 1 N–H and O–H groups in total. The van der Waals surface area contributed by atoms with E-state index in [0.717, 1.165) is 23.9 Å². The Hall–Kier alpha value is -2.63. The average Bonchev–Trinajstić information content (AvgIpc) is 3.36. The summed E-state index contributed by atoms with van der Waals surface area (Å²) in [5.41, 5.74) is -2.15. The number of ether oxygens (including phenoxy) is 3. The second-order valence-electron chi connectivity index (χ2n) is 10.9. The number of thiophene rings is 1. The number of morpholine rings is 1. The van der Waals surface area contributed by atoms with Crippen molar-refractivity contribution in [1.29, 1.82) is 0 Å². The number of aliphatic hydroxyl groups is 1. The van der Waals surface area contributed by atoms with Gasteiger partial charge in [0.25, 0.3) is 5.60 Å². The van der Waals surface area contributed by atoms with Crippen LogP contribution < -0.4 is 12.4 Å². The fourth-order valence-corrected chi connectivity index (χ4v) is 7.73. The van der Waals surface area contributed by atoms with E-state index in [-0.39, 0.29) is 60.3 Å². The zero-order chi connectivity index (χ0) is 27.2. The molecule has 3 aliphatic heterocycles. The van der Waals surface area contributed by atoms with Crippen LogP contribution in [0.2, 0.25) is 0 Å². The van der Waals surface area contributed by atoms with Gasteiger partial charge in [0.2, 0.25) is 0 Å². The number of hydrogen-bond donors (Lipinski definition) is 1. The predicted octanol–water partition coefficient (Wildman–Crippen LogP) is 0.930. The molecule has 0 amide bonds. The van der Waals surface area contributed by atoms with Gasteiger partial charge in [-0.3, -0.25) is 4.79 Å². The van der Waals surface area contributed by atoms with Crippen LogP contribution >= 0.6 is 11.3 Å². The lowest BCUT2D eigenvalue weighted by atomic mass is 9.94. The lowest BCUT2D eigenvalue weighted by Gasteiger charge is -2.48. The second kappa shape index (κ2) is 11.3. The van der Waals surface area contributed by atoms with Gasteiger partial charge in [0, 0.05) is 24.1 Å². The lowest BCUT2D eigenvalue weighted by Crippen LogP contribution is -3.00. The molecule has 6 rings (SSSR count). The van der Waals surface area contributed by atoms with Crippen molar-refractivity contribution < 1.29 is 54.6 Å². The Morgan fingerprint density at radius 1 is 1.05 bits per heavy atom. The summed E-state index contributed by atoms with van der Waals surface area (Å²) in [5, 5.41) is 11.4. The van der Waals surface area contributed by atoms with Gasteiger partial charge in [-0.2, -0.15) is 0 Å². The van der Waals surface area contributed by atoms with Crippen LogP contribution in [0.5, 0.6) is 0 Å². The molecule has 0 radical (unpaired) electrons. The molecule has 9 nitrogen and oxygen atoms in total. The molecule has 3 aliphatic rings. The number of epoxide rings is 1. The molecule has 0 aliphatic carbocycles. The van der Waals surface area contributed by atoms with Crippen LogP contribution in [-0.2, 0) is 42.4 Å². The second-order valence-corrected chi connectivity index (χ2v) is 12.1. The van der Waals surface area contributed by atoms with Gasteiger partial charge >= 0.3 is 11.9 Å². The van der Waals surface area contributed by atoms with Crippen LogP contribution in [0.15, 0.2) is 57.8 Å². The van der Waals surface area contributed by atoms with E-state index in [9.17, 15) is 14.7 Å². The Morgan fingerprint density at radius 2 is 1.68 bits per heavy atom. The van der Waals surface area contributed by atoms with Crippen molar-refractivity contribution in [2.45, 2.75) is 81.6 Å². The Bertz CT molecular complexity index is 1250. The zero-order valence-electron chi connectivity index (χ0n) is 22.5. The number of rotatable bonds is 11. The largest absolute Gasteiger partial charge is 1.00 e. The summed E-state index contributed by atoms with van der Waals surface area (Å²) < 4.78 is 28.7. The van der Waals surface area contributed by atoms with Crippen molar-refractivity contribution in [2.75, 3.05) is 13.7 Å². The predicted molar refractivity (Wildman–Crippen MR) is 140 cm³/mol. The number of piperidine rings is 1. The van der Waals surface area contributed by atoms with Crippen molar-refractivity contribution in [3.05, 3.63) is 70.2 Å². The Morgan fingerprint density at radius 3 is 2.25 bits per heavy atom. The highest BCUT2D eigenvalue weighted by atomic mass is 35.5. The molecule has 6 atom stereocenters. The summed E-state index contributed by atoms with van der Waals surface area (Å²) in [4.78, 5) is 27.6. The van der Waals surface area contributed by atoms with Gasteiger partial charge in [-0.1, -0.05) is 0 Å². The van der Waals surface area contributed by atoms with Crippen molar-refractivity contribution in [1.82, 2.24) is 0 Å². The van der Waals surface area contributed by atoms with Crippen molar-refractivity contribution in [2.24, 2.45) is 0 Å². The van der Waals surface area contributed by atoms with Crippen LogP contribution in [0.1, 0.15) is 53.9 Å². The van der Waals surface area contributed by atoms with E-state index in [4.69, 9.17) is 23.0 Å². The maximum absolute atomic E-state index is 13.4. The number of likely N-dealkylation sites (N-methyl/N-ethyl adjacent to an activating group) is 1. The molecule has 2 bridgehead atoms. The summed E-state index contributed by atoms with van der Waals surface area (Å²) in [6.45, 7) is 3.13. The number of fused-ring (bicyclic) bond motifs is 5. The van der Waals surface area contributed by atoms with Crippen LogP contribution in [0.3, 0.4) is 0 Å². The Kier molecular flexibility index (Phi) is 8.18. The van der Waals surface area contributed by atoms with Crippen molar-refractivity contribution in [3.63, 3.8) is 0 Å². The minimum absolute atomic E-state index is 0. The van der Waals surface area contributed by atoms with E-state index in [0.29, 0.717) is 25.9 Å². The molecule has 216 valence electrons. The highest BCUT2D eigenvalue weighted by molar-refractivity contribution is 7.11. The fourth-order valence-electron chi connectivity index (χ4n) is 6.53. The molecule has 0 aromatic carbocycles. The average molecular weight is 592 g/mol. The number of quaternary nitrogens is 1. The number of furan rings is 2. The minimum Gasteiger partial charge on any atom is -1.00 e. The monoisotopic (exact) mass is 591 g/mol. The maximum atomic E-state index is 13.4. The van der Waals surface area contributed by atoms with Gasteiger partial charge in [0.15, 0.2) is 11.5 Å². The third kappa shape index (κ3) is 5.12. The van der Waals surface area contributed by atoms with Gasteiger partial charge < -0.3 is 45.0 Å². The number of esters is 2. The minimum atomic E-state index is -2.15. The smallest absolute Gasteiger partial charge is 0.354 e. The van der Waals surface area contributed by atoms with Crippen LogP contribution in [0.25, 0.3) is 0 Å².